The maximum atomic E-state index is 12.8. The predicted octanol–water partition coefficient (Wildman–Crippen LogP) is 2.42. The zero-order valence-corrected chi connectivity index (χ0v) is 13.6. The van der Waals surface area contributed by atoms with Crippen LogP contribution in [0, 0.1) is 6.92 Å². The lowest BCUT2D eigenvalue weighted by Crippen LogP contribution is -2.47. The fourth-order valence-corrected chi connectivity index (χ4v) is 2.84. The monoisotopic (exact) mass is 327 g/mol. The average Bonchev–Trinajstić information content (AvgIpc) is 2.57. The van der Waals surface area contributed by atoms with Gasteiger partial charge in [0.25, 0.3) is 5.91 Å². The SMILES string of the molecule is Cc1ccc(CC2Oc3ccc(O)cc3N(CCCO)C2=O)cc1. The van der Waals surface area contributed by atoms with Gasteiger partial charge in [0.15, 0.2) is 6.10 Å². The van der Waals surface area contributed by atoms with Crippen LogP contribution in [0.4, 0.5) is 5.69 Å². The van der Waals surface area contributed by atoms with Gasteiger partial charge in [-0.05, 0) is 31.0 Å². The molecule has 0 radical (unpaired) electrons. The Kier molecular flexibility index (Phi) is 4.71. The molecule has 24 heavy (non-hydrogen) atoms. The van der Waals surface area contributed by atoms with E-state index in [1.54, 1.807) is 17.0 Å². The zero-order valence-electron chi connectivity index (χ0n) is 13.6. The van der Waals surface area contributed by atoms with E-state index in [-0.39, 0.29) is 18.3 Å². The number of amides is 1. The minimum atomic E-state index is -0.608. The lowest BCUT2D eigenvalue weighted by Gasteiger charge is -2.34. The highest BCUT2D eigenvalue weighted by atomic mass is 16.5. The minimum Gasteiger partial charge on any atom is -0.508 e. The van der Waals surface area contributed by atoms with Gasteiger partial charge in [-0.3, -0.25) is 4.79 Å². The number of benzene rings is 2. The van der Waals surface area contributed by atoms with Gasteiger partial charge in [0.1, 0.15) is 11.5 Å². The number of hydrogen-bond donors (Lipinski definition) is 2. The average molecular weight is 327 g/mol. The number of ether oxygens (including phenoxy) is 1. The third-order valence-electron chi connectivity index (χ3n) is 4.13. The summed E-state index contributed by atoms with van der Waals surface area (Å²) in [6, 6.07) is 12.8. The van der Waals surface area contributed by atoms with E-state index in [4.69, 9.17) is 9.84 Å². The maximum Gasteiger partial charge on any atom is 0.268 e. The first kappa shape index (κ1) is 16.3. The molecule has 2 N–H and O–H groups in total. The van der Waals surface area contributed by atoms with Gasteiger partial charge in [0.05, 0.1) is 5.69 Å². The number of carbonyl (C=O) groups excluding carboxylic acids is 1. The molecule has 0 fully saturated rings. The lowest BCUT2D eigenvalue weighted by molar-refractivity contribution is -0.126. The largest absolute Gasteiger partial charge is 0.508 e. The van der Waals surface area contributed by atoms with Gasteiger partial charge in [0.2, 0.25) is 0 Å². The highest BCUT2D eigenvalue weighted by Crippen LogP contribution is 2.37. The van der Waals surface area contributed by atoms with Gasteiger partial charge in [0, 0.05) is 25.6 Å². The Hall–Kier alpha value is -2.53. The van der Waals surface area contributed by atoms with Crippen molar-refractivity contribution in [3.8, 4) is 11.5 Å². The van der Waals surface area contributed by atoms with Crippen LogP contribution in [0.15, 0.2) is 42.5 Å². The number of aromatic hydroxyl groups is 1. The molecule has 2 aromatic rings. The summed E-state index contributed by atoms with van der Waals surface area (Å²) in [4.78, 5) is 14.4. The molecule has 0 saturated heterocycles. The second-order valence-electron chi connectivity index (χ2n) is 6.02. The molecule has 1 amide bonds. The Bertz CT molecular complexity index is 727. The van der Waals surface area contributed by atoms with Gasteiger partial charge in [-0.2, -0.15) is 0 Å². The summed E-state index contributed by atoms with van der Waals surface area (Å²) < 4.78 is 5.88. The van der Waals surface area contributed by atoms with Crippen LogP contribution >= 0.6 is 0 Å². The van der Waals surface area contributed by atoms with Crippen molar-refractivity contribution in [2.24, 2.45) is 0 Å². The fourth-order valence-electron chi connectivity index (χ4n) is 2.84. The standard InChI is InChI=1S/C19H21NO4/c1-13-3-5-14(6-4-13)11-18-19(23)20(9-2-10-21)16-12-15(22)7-8-17(16)24-18/h3-8,12,18,21-22H,2,9-11H2,1H3. The number of anilines is 1. The van der Waals surface area contributed by atoms with E-state index < -0.39 is 6.10 Å². The van der Waals surface area contributed by atoms with E-state index in [9.17, 15) is 9.90 Å². The van der Waals surface area contributed by atoms with Crippen LogP contribution in [0.3, 0.4) is 0 Å². The Morgan fingerprint density at radius 1 is 1.17 bits per heavy atom. The summed E-state index contributed by atoms with van der Waals surface area (Å²) in [5.41, 5.74) is 2.75. The second kappa shape index (κ2) is 6.93. The summed E-state index contributed by atoms with van der Waals surface area (Å²) in [5.74, 6) is 0.501. The fraction of sp³-hybridized carbons (Fsp3) is 0.316. The zero-order chi connectivity index (χ0) is 17.1. The Morgan fingerprint density at radius 2 is 1.92 bits per heavy atom. The molecule has 5 nitrogen and oxygen atoms in total. The highest BCUT2D eigenvalue weighted by Gasteiger charge is 2.34. The van der Waals surface area contributed by atoms with Crippen LogP contribution in [0.25, 0.3) is 0 Å². The van der Waals surface area contributed by atoms with Crippen molar-refractivity contribution < 1.29 is 19.7 Å². The molecular weight excluding hydrogens is 306 g/mol. The summed E-state index contributed by atoms with van der Waals surface area (Å²) in [5, 5.41) is 18.8. The first-order chi connectivity index (χ1) is 11.6. The molecule has 5 heteroatoms. The third-order valence-corrected chi connectivity index (χ3v) is 4.13. The summed E-state index contributed by atoms with van der Waals surface area (Å²) in [6.45, 7) is 2.41. The molecule has 1 aliphatic heterocycles. The predicted molar refractivity (Wildman–Crippen MR) is 91.5 cm³/mol. The van der Waals surface area contributed by atoms with Crippen LogP contribution in [0.2, 0.25) is 0 Å². The Labute approximate surface area is 141 Å². The van der Waals surface area contributed by atoms with Crippen molar-refractivity contribution in [2.45, 2.75) is 25.9 Å². The van der Waals surface area contributed by atoms with E-state index in [2.05, 4.69) is 0 Å². The van der Waals surface area contributed by atoms with Crippen LogP contribution in [0.1, 0.15) is 17.5 Å². The molecule has 3 rings (SSSR count). The molecule has 0 spiro atoms. The number of aryl methyl sites for hydroxylation is 1. The number of phenols is 1. The van der Waals surface area contributed by atoms with Crippen LogP contribution in [0.5, 0.6) is 11.5 Å². The minimum absolute atomic E-state index is 0.00140. The van der Waals surface area contributed by atoms with E-state index >= 15 is 0 Å². The summed E-state index contributed by atoms with van der Waals surface area (Å²) in [7, 11) is 0. The van der Waals surface area contributed by atoms with Crippen molar-refractivity contribution in [1.29, 1.82) is 0 Å². The molecular formula is C19H21NO4. The molecule has 0 bridgehead atoms. The number of carbonyl (C=O) groups is 1. The van der Waals surface area contributed by atoms with Crippen LogP contribution in [-0.4, -0.2) is 35.4 Å². The van der Waals surface area contributed by atoms with Gasteiger partial charge in [-0.15, -0.1) is 0 Å². The highest BCUT2D eigenvalue weighted by molar-refractivity contribution is 6.00. The molecule has 2 aromatic carbocycles. The number of rotatable bonds is 5. The third kappa shape index (κ3) is 3.36. The normalized spacial score (nSPS) is 16.7. The summed E-state index contributed by atoms with van der Waals surface area (Å²) >= 11 is 0. The molecule has 1 atom stereocenters. The van der Waals surface area contributed by atoms with Crippen molar-refractivity contribution in [3.63, 3.8) is 0 Å². The first-order valence-electron chi connectivity index (χ1n) is 8.06. The molecule has 0 aromatic heterocycles. The van der Waals surface area contributed by atoms with Crippen LogP contribution < -0.4 is 9.64 Å². The first-order valence-corrected chi connectivity index (χ1v) is 8.06. The summed E-state index contributed by atoms with van der Waals surface area (Å²) in [6.07, 6.45) is 0.344. The topological polar surface area (TPSA) is 70.0 Å². The smallest absolute Gasteiger partial charge is 0.268 e. The van der Waals surface area contributed by atoms with Crippen molar-refractivity contribution in [2.75, 3.05) is 18.1 Å². The molecule has 0 saturated carbocycles. The van der Waals surface area contributed by atoms with E-state index in [1.807, 2.05) is 31.2 Å². The van der Waals surface area contributed by atoms with Gasteiger partial charge in [-0.25, -0.2) is 0 Å². The number of aliphatic hydroxyl groups excluding tert-OH is 1. The van der Waals surface area contributed by atoms with E-state index in [1.165, 1.54) is 11.6 Å². The van der Waals surface area contributed by atoms with Gasteiger partial charge in [-0.1, -0.05) is 29.8 Å². The number of nitrogens with zero attached hydrogens (tertiary/aromatic N) is 1. The number of phenolic OH excluding ortho intramolecular Hbond substituents is 1. The number of aliphatic hydroxyl groups is 1. The lowest BCUT2D eigenvalue weighted by atomic mass is 10.0. The molecule has 1 unspecified atom stereocenters. The molecule has 1 aliphatic rings. The quantitative estimate of drug-likeness (QED) is 0.885. The van der Waals surface area contributed by atoms with E-state index in [0.717, 1.165) is 5.56 Å². The molecule has 0 aliphatic carbocycles. The van der Waals surface area contributed by atoms with E-state index in [0.29, 0.717) is 30.8 Å². The van der Waals surface area contributed by atoms with Gasteiger partial charge < -0.3 is 19.8 Å². The van der Waals surface area contributed by atoms with Crippen molar-refractivity contribution in [3.05, 3.63) is 53.6 Å². The Balaban J connectivity index is 1.88. The second-order valence-corrected chi connectivity index (χ2v) is 6.02. The van der Waals surface area contributed by atoms with Gasteiger partial charge >= 0.3 is 0 Å². The molecule has 1 heterocycles. The van der Waals surface area contributed by atoms with Crippen molar-refractivity contribution >= 4 is 11.6 Å². The van der Waals surface area contributed by atoms with Crippen molar-refractivity contribution in [1.82, 2.24) is 0 Å². The Morgan fingerprint density at radius 3 is 2.62 bits per heavy atom. The maximum absolute atomic E-state index is 12.8. The molecule has 126 valence electrons. The number of fused-ring (bicyclic) bond motifs is 1. The van der Waals surface area contributed by atoms with Crippen LogP contribution in [-0.2, 0) is 11.2 Å². The number of hydrogen-bond acceptors (Lipinski definition) is 4.